The van der Waals surface area contributed by atoms with Crippen molar-refractivity contribution < 1.29 is 23.0 Å². The number of methoxy groups -OCH3 is 1. The average Bonchev–Trinajstić information content (AvgIpc) is 3.08. The van der Waals surface area contributed by atoms with Gasteiger partial charge in [-0.3, -0.25) is 4.79 Å². The predicted molar refractivity (Wildman–Crippen MR) is 117 cm³/mol. The highest BCUT2D eigenvalue weighted by Gasteiger charge is 2.21. The van der Waals surface area contributed by atoms with Gasteiger partial charge < -0.3 is 14.4 Å². The Kier molecular flexibility index (Phi) is 6.90. The second kappa shape index (κ2) is 9.43. The Bertz CT molecular complexity index is 1100. The summed E-state index contributed by atoms with van der Waals surface area (Å²) >= 11 is 1.35. The van der Waals surface area contributed by atoms with Gasteiger partial charge >= 0.3 is 6.61 Å². The van der Waals surface area contributed by atoms with Gasteiger partial charge in [0.05, 0.1) is 12.8 Å². The lowest BCUT2D eigenvalue weighted by atomic mass is 10.1. The molecule has 1 amide bonds. The molecule has 3 rings (SSSR count). The maximum atomic E-state index is 13.1. The lowest BCUT2D eigenvalue weighted by Gasteiger charge is -2.18. The molecule has 3 aromatic rings. The molecule has 0 aliphatic carbocycles. The van der Waals surface area contributed by atoms with E-state index in [-0.39, 0.29) is 24.0 Å². The number of benzene rings is 2. The van der Waals surface area contributed by atoms with E-state index in [0.29, 0.717) is 16.1 Å². The Balaban J connectivity index is 1.81. The first-order valence-electron chi connectivity index (χ1n) is 9.61. The molecular weight excluding hydrogens is 422 g/mol. The summed E-state index contributed by atoms with van der Waals surface area (Å²) in [5.74, 6) is -0.0467. The lowest BCUT2D eigenvalue weighted by Crippen LogP contribution is -2.26. The van der Waals surface area contributed by atoms with Gasteiger partial charge in [-0.05, 0) is 44.0 Å². The largest absolute Gasteiger partial charge is 0.493 e. The Morgan fingerprint density at radius 3 is 2.52 bits per heavy atom. The Morgan fingerprint density at radius 2 is 1.87 bits per heavy atom. The molecule has 0 spiro atoms. The number of carbonyl (C=O) groups excluding carboxylic acids is 1. The minimum absolute atomic E-state index is 0.0676. The van der Waals surface area contributed by atoms with Crippen molar-refractivity contribution in [2.75, 3.05) is 14.2 Å². The summed E-state index contributed by atoms with van der Waals surface area (Å²) in [6.07, 6.45) is 0. The van der Waals surface area contributed by atoms with E-state index in [2.05, 4.69) is 15.8 Å². The zero-order valence-electron chi connectivity index (χ0n) is 18.0. The lowest BCUT2D eigenvalue weighted by molar-refractivity contribution is -0.0512. The number of hydrogen-bond donors (Lipinski definition) is 0. The van der Waals surface area contributed by atoms with Crippen molar-refractivity contribution in [1.29, 1.82) is 0 Å². The molecule has 0 fully saturated rings. The summed E-state index contributed by atoms with van der Waals surface area (Å²) < 4.78 is 34.9. The zero-order chi connectivity index (χ0) is 22.7. The maximum Gasteiger partial charge on any atom is 0.387 e. The molecule has 8 heteroatoms. The van der Waals surface area contributed by atoms with E-state index in [1.54, 1.807) is 19.2 Å². The molecule has 0 saturated carbocycles. The van der Waals surface area contributed by atoms with Crippen LogP contribution in [-0.4, -0.2) is 36.6 Å². The third-order valence-corrected chi connectivity index (χ3v) is 5.99. The first-order chi connectivity index (χ1) is 14.7. The van der Waals surface area contributed by atoms with Crippen LogP contribution in [0.1, 0.15) is 32.1 Å². The summed E-state index contributed by atoms with van der Waals surface area (Å²) in [6.45, 7) is 3.12. The average molecular weight is 447 g/mol. The van der Waals surface area contributed by atoms with E-state index in [0.717, 1.165) is 16.1 Å². The van der Waals surface area contributed by atoms with Crippen molar-refractivity contribution >= 4 is 17.2 Å². The molecule has 0 N–H and O–H groups in total. The summed E-state index contributed by atoms with van der Waals surface area (Å²) in [7, 11) is 3.04. The fourth-order valence-corrected chi connectivity index (χ4v) is 4.44. The summed E-state index contributed by atoms with van der Waals surface area (Å²) in [5, 5.41) is 0.795. The number of aromatic nitrogens is 1. The fourth-order valence-electron chi connectivity index (χ4n) is 3.29. The van der Waals surface area contributed by atoms with Gasteiger partial charge in [0.1, 0.15) is 9.88 Å². The fraction of sp³-hybridized carbons (Fsp3) is 0.304. The van der Waals surface area contributed by atoms with Gasteiger partial charge in [-0.2, -0.15) is 8.78 Å². The number of thiazole rings is 1. The van der Waals surface area contributed by atoms with Gasteiger partial charge in [0.2, 0.25) is 0 Å². The SMILES string of the molecule is COc1ccc(CN(C)C(=O)c2sc(-c3ccc(C)cc3C)nc2C)cc1OC(F)F. The molecule has 0 aliphatic rings. The molecule has 1 aromatic heterocycles. The first kappa shape index (κ1) is 22.7. The maximum absolute atomic E-state index is 13.1. The number of amides is 1. The van der Waals surface area contributed by atoms with Gasteiger partial charge in [-0.1, -0.05) is 29.8 Å². The van der Waals surface area contributed by atoms with Crippen LogP contribution in [0, 0.1) is 20.8 Å². The van der Waals surface area contributed by atoms with Crippen molar-refractivity contribution in [3.05, 3.63) is 63.7 Å². The number of ether oxygens (including phenoxy) is 2. The van der Waals surface area contributed by atoms with Gasteiger partial charge in [0.15, 0.2) is 11.5 Å². The highest BCUT2D eigenvalue weighted by Crippen LogP contribution is 2.32. The summed E-state index contributed by atoms with van der Waals surface area (Å²) in [6, 6.07) is 10.8. The molecular formula is C23H24F2N2O3S. The second-order valence-electron chi connectivity index (χ2n) is 7.28. The van der Waals surface area contributed by atoms with E-state index in [1.165, 1.54) is 35.0 Å². The van der Waals surface area contributed by atoms with Crippen LogP contribution in [0.4, 0.5) is 8.78 Å². The number of aryl methyl sites for hydroxylation is 3. The molecule has 0 aliphatic heterocycles. The van der Waals surface area contributed by atoms with Gasteiger partial charge in [0, 0.05) is 19.2 Å². The Labute approximate surface area is 184 Å². The normalized spacial score (nSPS) is 11.0. The monoisotopic (exact) mass is 446 g/mol. The molecule has 0 atom stereocenters. The predicted octanol–water partition coefficient (Wildman–Crippen LogP) is 5.62. The van der Waals surface area contributed by atoms with E-state index < -0.39 is 6.61 Å². The van der Waals surface area contributed by atoms with E-state index in [4.69, 9.17) is 4.74 Å². The van der Waals surface area contributed by atoms with Crippen LogP contribution in [0.25, 0.3) is 10.6 Å². The molecule has 0 saturated heterocycles. The number of rotatable bonds is 7. The van der Waals surface area contributed by atoms with Crippen molar-refractivity contribution in [3.63, 3.8) is 0 Å². The van der Waals surface area contributed by atoms with Gasteiger partial charge in [-0.25, -0.2) is 4.98 Å². The van der Waals surface area contributed by atoms with Crippen LogP contribution < -0.4 is 9.47 Å². The smallest absolute Gasteiger partial charge is 0.387 e. The zero-order valence-corrected chi connectivity index (χ0v) is 18.8. The van der Waals surface area contributed by atoms with Crippen LogP contribution in [0.3, 0.4) is 0 Å². The van der Waals surface area contributed by atoms with Gasteiger partial charge in [-0.15, -0.1) is 11.3 Å². The van der Waals surface area contributed by atoms with Crippen LogP contribution >= 0.6 is 11.3 Å². The quantitative estimate of drug-likeness (QED) is 0.473. The first-order valence-corrected chi connectivity index (χ1v) is 10.4. The topological polar surface area (TPSA) is 51.7 Å². The van der Waals surface area contributed by atoms with Crippen LogP contribution in [0.5, 0.6) is 11.5 Å². The Morgan fingerprint density at radius 1 is 1.13 bits per heavy atom. The van der Waals surface area contributed by atoms with Crippen LogP contribution in [-0.2, 0) is 6.54 Å². The second-order valence-corrected chi connectivity index (χ2v) is 8.28. The third-order valence-electron chi connectivity index (χ3n) is 4.81. The molecule has 0 bridgehead atoms. The minimum atomic E-state index is -2.97. The number of carbonyl (C=O) groups is 1. The highest BCUT2D eigenvalue weighted by atomic mass is 32.1. The van der Waals surface area contributed by atoms with Crippen molar-refractivity contribution in [2.45, 2.75) is 33.9 Å². The molecule has 5 nitrogen and oxygen atoms in total. The summed E-state index contributed by atoms with van der Waals surface area (Å²) in [4.78, 5) is 19.7. The van der Waals surface area contributed by atoms with E-state index in [9.17, 15) is 13.6 Å². The number of halogens is 2. The third kappa shape index (κ3) is 5.19. The number of nitrogens with zero attached hydrogens (tertiary/aromatic N) is 2. The van der Waals surface area contributed by atoms with Crippen molar-refractivity contribution in [1.82, 2.24) is 9.88 Å². The molecule has 1 heterocycles. The number of alkyl halides is 2. The van der Waals surface area contributed by atoms with E-state index >= 15 is 0 Å². The van der Waals surface area contributed by atoms with Crippen molar-refractivity contribution in [2.24, 2.45) is 0 Å². The number of hydrogen-bond acceptors (Lipinski definition) is 5. The molecule has 0 radical (unpaired) electrons. The highest BCUT2D eigenvalue weighted by molar-refractivity contribution is 7.17. The van der Waals surface area contributed by atoms with E-state index in [1.807, 2.05) is 32.9 Å². The van der Waals surface area contributed by atoms with Gasteiger partial charge in [0.25, 0.3) is 5.91 Å². The van der Waals surface area contributed by atoms with Crippen LogP contribution in [0.2, 0.25) is 0 Å². The van der Waals surface area contributed by atoms with Crippen LogP contribution in [0.15, 0.2) is 36.4 Å². The minimum Gasteiger partial charge on any atom is -0.493 e. The van der Waals surface area contributed by atoms with Crippen molar-refractivity contribution in [3.8, 4) is 22.1 Å². The molecule has 0 unspecified atom stereocenters. The standard InChI is InChI=1S/C23H24F2N2O3S/c1-13-6-8-17(14(2)10-13)21-26-15(3)20(31-21)22(28)27(4)12-16-7-9-18(29-5)19(11-16)30-23(24)25/h6-11,23H,12H2,1-5H3. The summed E-state index contributed by atoms with van der Waals surface area (Å²) in [5.41, 5.74) is 4.58. The molecule has 31 heavy (non-hydrogen) atoms. The molecule has 164 valence electrons. The molecule has 2 aromatic carbocycles. The Hall–Kier alpha value is -3.00.